The maximum Gasteiger partial charge on any atom is 0.337 e. The molecule has 3 rings (SSSR count). The lowest BCUT2D eigenvalue weighted by Gasteiger charge is -2.28. The molecule has 4 atom stereocenters. The van der Waals surface area contributed by atoms with E-state index in [1.807, 2.05) is 30.3 Å². The van der Waals surface area contributed by atoms with E-state index in [1.54, 1.807) is 0 Å². The molecule has 0 saturated carbocycles. The van der Waals surface area contributed by atoms with Crippen molar-refractivity contribution in [3.05, 3.63) is 35.9 Å². The Morgan fingerprint density at radius 2 is 2.14 bits per heavy atom. The first-order valence-corrected chi connectivity index (χ1v) is 7.01. The number of nitrogens with one attached hydrogen (secondary N) is 1. The second kappa shape index (κ2) is 6.53. The van der Waals surface area contributed by atoms with E-state index in [0.717, 1.165) is 5.56 Å². The maximum absolute atomic E-state index is 11.6. The predicted octanol–water partition coefficient (Wildman–Crippen LogP) is 0.458. The molecule has 0 spiro atoms. The molecule has 1 aromatic carbocycles. The van der Waals surface area contributed by atoms with Crippen molar-refractivity contribution in [1.29, 1.82) is 0 Å². The average molecular weight is 293 g/mol. The van der Waals surface area contributed by atoms with Gasteiger partial charge in [-0.3, -0.25) is 0 Å². The van der Waals surface area contributed by atoms with Crippen LogP contribution in [0.2, 0.25) is 0 Å². The molecule has 6 heteroatoms. The highest BCUT2D eigenvalue weighted by Gasteiger charge is 2.48. The smallest absolute Gasteiger partial charge is 0.337 e. The van der Waals surface area contributed by atoms with Gasteiger partial charge in [-0.1, -0.05) is 30.3 Å². The number of esters is 1. The number of hydrogen-bond donors (Lipinski definition) is 1. The van der Waals surface area contributed by atoms with Gasteiger partial charge in [-0.25, -0.2) is 4.79 Å². The number of benzene rings is 1. The van der Waals surface area contributed by atoms with Crippen LogP contribution in [-0.2, 0) is 30.3 Å². The fourth-order valence-corrected chi connectivity index (χ4v) is 2.56. The number of morpholine rings is 1. The normalized spacial score (nSPS) is 31.1. The molecule has 21 heavy (non-hydrogen) atoms. The zero-order valence-electron chi connectivity index (χ0n) is 11.9. The second-order valence-electron chi connectivity index (χ2n) is 5.14. The van der Waals surface area contributed by atoms with Crippen molar-refractivity contribution in [1.82, 2.24) is 5.32 Å². The van der Waals surface area contributed by atoms with Crippen LogP contribution in [0.25, 0.3) is 0 Å². The third-order valence-electron chi connectivity index (χ3n) is 3.68. The number of fused-ring (bicyclic) bond motifs is 2. The Hall–Kier alpha value is -1.47. The molecule has 2 fully saturated rings. The van der Waals surface area contributed by atoms with E-state index < -0.39 is 18.4 Å². The van der Waals surface area contributed by atoms with Gasteiger partial charge < -0.3 is 24.3 Å². The van der Waals surface area contributed by atoms with E-state index in [9.17, 15) is 4.79 Å². The highest BCUT2D eigenvalue weighted by Crippen LogP contribution is 2.26. The van der Waals surface area contributed by atoms with Crippen molar-refractivity contribution in [2.75, 3.05) is 20.3 Å². The molecule has 6 nitrogen and oxygen atoms in total. The highest BCUT2D eigenvalue weighted by atomic mass is 16.7. The molecule has 0 amide bonds. The van der Waals surface area contributed by atoms with Crippen LogP contribution >= 0.6 is 0 Å². The fourth-order valence-electron chi connectivity index (χ4n) is 2.56. The quantitative estimate of drug-likeness (QED) is 0.796. The lowest BCUT2D eigenvalue weighted by molar-refractivity contribution is -0.156. The first-order chi connectivity index (χ1) is 10.3. The molecule has 0 unspecified atom stereocenters. The molecule has 0 radical (unpaired) electrons. The van der Waals surface area contributed by atoms with E-state index in [4.69, 9.17) is 18.9 Å². The van der Waals surface area contributed by atoms with Gasteiger partial charge in [0.15, 0.2) is 12.4 Å². The van der Waals surface area contributed by atoms with Gasteiger partial charge in [-0.15, -0.1) is 0 Å². The number of methoxy groups -OCH3 is 1. The summed E-state index contributed by atoms with van der Waals surface area (Å²) in [5, 5.41) is 3.29. The Labute approximate surface area is 123 Å². The molecule has 2 aliphatic rings. The minimum Gasteiger partial charge on any atom is -0.467 e. The Morgan fingerprint density at radius 3 is 2.90 bits per heavy atom. The van der Waals surface area contributed by atoms with E-state index in [2.05, 4.69) is 5.32 Å². The number of ether oxygens (including phenoxy) is 4. The van der Waals surface area contributed by atoms with Gasteiger partial charge in [0.05, 0.1) is 26.4 Å². The van der Waals surface area contributed by atoms with Crippen LogP contribution in [0.1, 0.15) is 5.56 Å². The van der Waals surface area contributed by atoms with Crippen molar-refractivity contribution in [3.8, 4) is 0 Å². The van der Waals surface area contributed by atoms with Gasteiger partial charge >= 0.3 is 5.97 Å². The third-order valence-corrected chi connectivity index (χ3v) is 3.68. The van der Waals surface area contributed by atoms with Crippen molar-refractivity contribution < 1.29 is 23.7 Å². The molecule has 114 valence electrons. The van der Waals surface area contributed by atoms with E-state index >= 15 is 0 Å². The average Bonchev–Trinajstić information content (AvgIpc) is 2.88. The van der Waals surface area contributed by atoms with Crippen molar-refractivity contribution in [3.63, 3.8) is 0 Å². The maximum atomic E-state index is 11.6. The second-order valence-corrected chi connectivity index (χ2v) is 5.14. The van der Waals surface area contributed by atoms with Gasteiger partial charge in [0.1, 0.15) is 6.10 Å². The minimum absolute atomic E-state index is 0.0837. The number of hydrogen-bond acceptors (Lipinski definition) is 6. The molecule has 0 aliphatic carbocycles. The van der Waals surface area contributed by atoms with Gasteiger partial charge in [0.2, 0.25) is 0 Å². The molecule has 0 aromatic heterocycles. The van der Waals surface area contributed by atoms with Gasteiger partial charge in [-0.2, -0.15) is 0 Å². The molecule has 2 saturated heterocycles. The zero-order valence-corrected chi connectivity index (χ0v) is 11.9. The van der Waals surface area contributed by atoms with Gasteiger partial charge in [-0.05, 0) is 5.56 Å². The van der Waals surface area contributed by atoms with Crippen molar-refractivity contribution in [2.24, 2.45) is 0 Å². The molecule has 2 aliphatic heterocycles. The number of carbonyl (C=O) groups excluding carboxylic acids is 1. The van der Waals surface area contributed by atoms with Crippen LogP contribution in [0, 0.1) is 0 Å². The summed E-state index contributed by atoms with van der Waals surface area (Å²) in [6.45, 7) is 1.55. The summed E-state index contributed by atoms with van der Waals surface area (Å²) in [5.74, 6) is -0.393. The topological polar surface area (TPSA) is 66.0 Å². The van der Waals surface area contributed by atoms with Gasteiger partial charge in [0, 0.05) is 6.54 Å². The molecule has 1 aromatic rings. The lowest BCUT2D eigenvalue weighted by atomic mass is 10.2. The van der Waals surface area contributed by atoms with E-state index in [-0.39, 0.29) is 12.1 Å². The Bertz CT molecular complexity index is 480. The summed E-state index contributed by atoms with van der Waals surface area (Å²) in [4.78, 5) is 11.6. The van der Waals surface area contributed by atoms with E-state index in [0.29, 0.717) is 19.8 Å². The SMILES string of the molecule is COC(=O)[C@@H]1O[C@@H]2O[C@H]1CN[C@H]2COCc1ccccc1. The molecule has 2 bridgehead atoms. The molecule has 1 N–H and O–H groups in total. The number of carbonyl (C=O) groups is 1. The van der Waals surface area contributed by atoms with Crippen LogP contribution in [0.5, 0.6) is 0 Å². The summed E-state index contributed by atoms with van der Waals surface area (Å²) < 4.78 is 21.7. The van der Waals surface area contributed by atoms with Crippen molar-refractivity contribution in [2.45, 2.75) is 31.1 Å². The Balaban J connectivity index is 1.49. The summed E-state index contributed by atoms with van der Waals surface area (Å²) in [5.41, 5.74) is 1.12. The standard InChI is InChI=1S/C15H19NO5/c1-18-14(17)13-12-7-16-11(15(20-12)21-13)9-19-8-10-5-3-2-4-6-10/h2-6,11-13,15-16H,7-9H2,1H3/t11-,12-,13+,15-/m0/s1. The molecular weight excluding hydrogens is 274 g/mol. The summed E-state index contributed by atoms with van der Waals surface area (Å²) in [6.07, 6.45) is -1.40. The van der Waals surface area contributed by atoms with Crippen LogP contribution < -0.4 is 5.32 Å². The predicted molar refractivity (Wildman–Crippen MR) is 73.4 cm³/mol. The fraction of sp³-hybridized carbons (Fsp3) is 0.533. The van der Waals surface area contributed by atoms with Crippen LogP contribution in [0.4, 0.5) is 0 Å². The summed E-state index contributed by atoms with van der Waals surface area (Å²) in [7, 11) is 1.35. The van der Waals surface area contributed by atoms with Crippen molar-refractivity contribution >= 4 is 5.97 Å². The third kappa shape index (κ3) is 3.24. The Morgan fingerprint density at radius 1 is 1.33 bits per heavy atom. The molecule has 2 heterocycles. The molecular formula is C15H19NO5. The van der Waals surface area contributed by atoms with Crippen LogP contribution in [0.3, 0.4) is 0 Å². The zero-order chi connectivity index (χ0) is 14.7. The lowest BCUT2D eigenvalue weighted by Crippen LogP contribution is -2.51. The first-order valence-electron chi connectivity index (χ1n) is 7.01. The summed E-state index contributed by atoms with van der Waals surface area (Å²) >= 11 is 0. The first kappa shape index (κ1) is 14.5. The van der Waals surface area contributed by atoms with Crippen LogP contribution in [0.15, 0.2) is 30.3 Å². The van der Waals surface area contributed by atoms with Gasteiger partial charge in [0.25, 0.3) is 0 Å². The minimum atomic E-state index is -0.647. The Kier molecular flexibility index (Phi) is 4.50. The monoisotopic (exact) mass is 293 g/mol. The number of rotatable bonds is 5. The van der Waals surface area contributed by atoms with E-state index in [1.165, 1.54) is 7.11 Å². The highest BCUT2D eigenvalue weighted by molar-refractivity contribution is 5.75. The van der Waals surface area contributed by atoms with Crippen LogP contribution in [-0.4, -0.2) is 50.8 Å². The summed E-state index contributed by atoms with van der Waals surface area (Å²) in [6, 6.07) is 9.87. The largest absolute Gasteiger partial charge is 0.467 e.